The number of nitrogens with one attached hydrogen (secondary N) is 1. The fraction of sp³-hybridized carbons (Fsp3) is 0.571. The molecule has 2 unspecified atom stereocenters. The van der Waals surface area contributed by atoms with Gasteiger partial charge in [0.2, 0.25) is 0 Å². The lowest BCUT2D eigenvalue weighted by Gasteiger charge is -2.20. The maximum atomic E-state index is 10.1. The third-order valence-corrected chi connectivity index (χ3v) is 2.75. The monoisotopic (exact) mass is 253 g/mol. The summed E-state index contributed by atoms with van der Waals surface area (Å²) in [6, 6.07) is 7.37. The van der Waals surface area contributed by atoms with Crippen molar-refractivity contribution >= 4 is 0 Å². The minimum Gasteiger partial charge on any atom is -0.494 e. The van der Waals surface area contributed by atoms with Crippen LogP contribution in [0.4, 0.5) is 0 Å². The molecule has 1 rings (SSSR count). The van der Waals surface area contributed by atoms with Crippen LogP contribution in [-0.4, -0.2) is 36.0 Å². The minimum absolute atomic E-state index is 0.0703. The SMILES string of the molecule is CCCOc1ccc(C(O)C(C)NCCO)cc1. The van der Waals surface area contributed by atoms with Crippen LogP contribution >= 0.6 is 0 Å². The first-order valence-corrected chi connectivity index (χ1v) is 6.44. The van der Waals surface area contributed by atoms with E-state index in [9.17, 15) is 5.11 Å². The predicted molar refractivity (Wildman–Crippen MR) is 71.7 cm³/mol. The molecule has 0 radical (unpaired) electrons. The highest BCUT2D eigenvalue weighted by molar-refractivity contribution is 5.29. The molecule has 18 heavy (non-hydrogen) atoms. The quantitative estimate of drug-likeness (QED) is 0.656. The van der Waals surface area contributed by atoms with E-state index in [4.69, 9.17) is 9.84 Å². The molecule has 1 aromatic rings. The summed E-state index contributed by atoms with van der Waals surface area (Å²) in [6.07, 6.45) is 0.392. The molecule has 0 saturated carbocycles. The van der Waals surface area contributed by atoms with Gasteiger partial charge in [0.1, 0.15) is 5.75 Å². The fourth-order valence-electron chi connectivity index (χ4n) is 1.67. The van der Waals surface area contributed by atoms with Crippen molar-refractivity contribution in [1.29, 1.82) is 0 Å². The van der Waals surface area contributed by atoms with Gasteiger partial charge in [-0.15, -0.1) is 0 Å². The van der Waals surface area contributed by atoms with E-state index < -0.39 is 6.10 Å². The lowest BCUT2D eigenvalue weighted by molar-refractivity contribution is 0.132. The van der Waals surface area contributed by atoms with Crippen LogP contribution in [0.5, 0.6) is 5.75 Å². The largest absolute Gasteiger partial charge is 0.494 e. The summed E-state index contributed by atoms with van der Waals surface area (Å²) in [4.78, 5) is 0. The number of hydrogen-bond donors (Lipinski definition) is 3. The van der Waals surface area contributed by atoms with E-state index in [1.165, 1.54) is 0 Å². The zero-order valence-electron chi connectivity index (χ0n) is 11.1. The van der Waals surface area contributed by atoms with Crippen LogP contribution in [0.1, 0.15) is 31.9 Å². The van der Waals surface area contributed by atoms with Gasteiger partial charge in [-0.25, -0.2) is 0 Å². The first-order chi connectivity index (χ1) is 8.69. The van der Waals surface area contributed by atoms with Crippen LogP contribution in [0.3, 0.4) is 0 Å². The molecule has 4 nitrogen and oxygen atoms in total. The van der Waals surface area contributed by atoms with E-state index in [1.807, 2.05) is 31.2 Å². The average Bonchev–Trinajstić information content (AvgIpc) is 2.42. The van der Waals surface area contributed by atoms with E-state index in [0.717, 1.165) is 17.7 Å². The number of hydrogen-bond acceptors (Lipinski definition) is 4. The summed E-state index contributed by atoms with van der Waals surface area (Å²) in [5.41, 5.74) is 0.844. The maximum Gasteiger partial charge on any atom is 0.119 e. The molecule has 0 fully saturated rings. The van der Waals surface area contributed by atoms with Gasteiger partial charge in [-0.2, -0.15) is 0 Å². The van der Waals surface area contributed by atoms with E-state index in [0.29, 0.717) is 13.2 Å². The molecule has 0 aliphatic carbocycles. The molecule has 0 bridgehead atoms. The smallest absolute Gasteiger partial charge is 0.119 e. The van der Waals surface area contributed by atoms with E-state index >= 15 is 0 Å². The molecule has 0 aromatic heterocycles. The molecule has 0 spiro atoms. The Bertz CT molecular complexity index is 326. The van der Waals surface area contributed by atoms with Gasteiger partial charge in [0.05, 0.1) is 19.3 Å². The number of ether oxygens (including phenoxy) is 1. The second-order valence-corrected chi connectivity index (χ2v) is 4.33. The molecular formula is C14H23NO3. The number of rotatable bonds is 8. The number of benzene rings is 1. The highest BCUT2D eigenvalue weighted by Crippen LogP contribution is 2.20. The van der Waals surface area contributed by atoms with Crippen LogP contribution in [-0.2, 0) is 0 Å². The molecule has 4 heteroatoms. The Hall–Kier alpha value is -1.10. The van der Waals surface area contributed by atoms with Crippen molar-refractivity contribution in [3.05, 3.63) is 29.8 Å². The van der Waals surface area contributed by atoms with Crippen LogP contribution in [0, 0.1) is 0 Å². The summed E-state index contributed by atoms with van der Waals surface area (Å²) < 4.78 is 5.48. The summed E-state index contributed by atoms with van der Waals surface area (Å²) in [5.74, 6) is 0.823. The van der Waals surface area contributed by atoms with Gasteiger partial charge in [0, 0.05) is 12.6 Å². The predicted octanol–water partition coefficient (Wildman–Crippen LogP) is 1.48. The van der Waals surface area contributed by atoms with Gasteiger partial charge in [-0.1, -0.05) is 19.1 Å². The minimum atomic E-state index is -0.586. The van der Waals surface area contributed by atoms with Gasteiger partial charge in [-0.05, 0) is 31.0 Å². The van der Waals surface area contributed by atoms with Crippen molar-refractivity contribution in [2.75, 3.05) is 19.8 Å². The van der Waals surface area contributed by atoms with Crippen molar-refractivity contribution in [2.45, 2.75) is 32.4 Å². The normalized spacial score (nSPS) is 14.2. The molecule has 102 valence electrons. The van der Waals surface area contributed by atoms with Crippen molar-refractivity contribution in [3.63, 3.8) is 0 Å². The topological polar surface area (TPSA) is 61.7 Å². The van der Waals surface area contributed by atoms with Crippen molar-refractivity contribution in [3.8, 4) is 5.75 Å². The Labute approximate surface area is 109 Å². The highest BCUT2D eigenvalue weighted by Gasteiger charge is 2.15. The zero-order chi connectivity index (χ0) is 13.4. The van der Waals surface area contributed by atoms with Crippen molar-refractivity contribution in [2.24, 2.45) is 0 Å². The molecule has 2 atom stereocenters. The lowest BCUT2D eigenvalue weighted by Crippen LogP contribution is -2.34. The average molecular weight is 253 g/mol. The standard InChI is InChI=1S/C14H23NO3/c1-3-10-18-13-6-4-12(5-7-13)14(17)11(2)15-8-9-16/h4-7,11,14-17H,3,8-10H2,1-2H3. The molecular weight excluding hydrogens is 230 g/mol. The van der Waals surface area contributed by atoms with Gasteiger partial charge in [0.25, 0.3) is 0 Å². The fourth-order valence-corrected chi connectivity index (χ4v) is 1.67. The van der Waals surface area contributed by atoms with Gasteiger partial charge < -0.3 is 20.3 Å². The molecule has 0 aliphatic heterocycles. The Morgan fingerprint density at radius 1 is 1.28 bits per heavy atom. The van der Waals surface area contributed by atoms with E-state index in [2.05, 4.69) is 12.2 Å². The Balaban J connectivity index is 2.55. The molecule has 1 aromatic carbocycles. The van der Waals surface area contributed by atoms with Gasteiger partial charge in [0.15, 0.2) is 0 Å². The number of aliphatic hydroxyl groups excluding tert-OH is 2. The summed E-state index contributed by atoms with van der Waals surface area (Å²) in [7, 11) is 0. The van der Waals surface area contributed by atoms with Crippen molar-refractivity contribution < 1.29 is 14.9 Å². The maximum absolute atomic E-state index is 10.1. The second kappa shape index (κ2) is 8.08. The van der Waals surface area contributed by atoms with Crippen LogP contribution in [0.15, 0.2) is 24.3 Å². The Morgan fingerprint density at radius 2 is 1.94 bits per heavy atom. The summed E-state index contributed by atoms with van der Waals surface area (Å²) in [6.45, 7) is 5.21. The van der Waals surface area contributed by atoms with Gasteiger partial charge in [-0.3, -0.25) is 0 Å². The Kier molecular flexibility index (Phi) is 6.72. The molecule has 0 aliphatic rings. The summed E-state index contributed by atoms with van der Waals surface area (Å²) in [5, 5.41) is 21.9. The number of aliphatic hydroxyl groups is 2. The molecule has 3 N–H and O–H groups in total. The third-order valence-electron chi connectivity index (χ3n) is 2.75. The van der Waals surface area contributed by atoms with Crippen LogP contribution in [0.2, 0.25) is 0 Å². The lowest BCUT2D eigenvalue weighted by atomic mass is 10.0. The van der Waals surface area contributed by atoms with Crippen molar-refractivity contribution in [1.82, 2.24) is 5.32 Å². The summed E-state index contributed by atoms with van der Waals surface area (Å²) >= 11 is 0. The Morgan fingerprint density at radius 3 is 2.50 bits per heavy atom. The van der Waals surface area contributed by atoms with E-state index in [-0.39, 0.29) is 12.6 Å². The van der Waals surface area contributed by atoms with E-state index in [1.54, 1.807) is 0 Å². The van der Waals surface area contributed by atoms with Crippen LogP contribution in [0.25, 0.3) is 0 Å². The highest BCUT2D eigenvalue weighted by atomic mass is 16.5. The third kappa shape index (κ3) is 4.64. The molecule has 0 heterocycles. The zero-order valence-corrected chi connectivity index (χ0v) is 11.1. The first-order valence-electron chi connectivity index (χ1n) is 6.44. The molecule has 0 saturated heterocycles. The molecule has 0 amide bonds. The second-order valence-electron chi connectivity index (χ2n) is 4.33. The van der Waals surface area contributed by atoms with Crippen LogP contribution < -0.4 is 10.1 Å². The van der Waals surface area contributed by atoms with Gasteiger partial charge >= 0.3 is 0 Å². The first kappa shape index (κ1) is 15.0.